The molecule has 0 aliphatic carbocycles. The molecule has 0 radical (unpaired) electrons. The molecule has 2 aromatic rings. The third kappa shape index (κ3) is 4.60. The molecule has 0 spiro atoms. The number of benzene rings is 1. The van der Waals surface area contributed by atoms with Gasteiger partial charge in [0.15, 0.2) is 0 Å². The van der Waals surface area contributed by atoms with Crippen molar-refractivity contribution in [2.45, 2.75) is 38.6 Å². The molecule has 29 heavy (non-hydrogen) atoms. The molecule has 1 fully saturated rings. The van der Waals surface area contributed by atoms with Crippen molar-refractivity contribution >= 4 is 15.8 Å². The summed E-state index contributed by atoms with van der Waals surface area (Å²) in [5.41, 5.74) is 2.85. The Balaban J connectivity index is 1.63. The third-order valence-corrected chi connectivity index (χ3v) is 7.49. The van der Waals surface area contributed by atoms with Gasteiger partial charge in [-0.2, -0.15) is 4.31 Å². The van der Waals surface area contributed by atoms with Crippen LogP contribution in [0.5, 0.6) is 0 Å². The highest BCUT2D eigenvalue weighted by atomic mass is 32.2. The zero-order chi connectivity index (χ0) is 21.2. The van der Waals surface area contributed by atoms with Crippen LogP contribution in [0.15, 0.2) is 35.2 Å². The van der Waals surface area contributed by atoms with Gasteiger partial charge in [-0.05, 0) is 44.5 Å². The number of Topliss-reactive ketones (excluding diaryl/α,β-unsaturated/α-hetero) is 1. The lowest BCUT2D eigenvalue weighted by Crippen LogP contribution is -3.15. The zero-order valence-corrected chi connectivity index (χ0v) is 18.1. The molecule has 0 saturated carbocycles. The summed E-state index contributed by atoms with van der Waals surface area (Å²) in [5.74, 6) is -0.474. The molecule has 0 unspecified atom stereocenters. The Labute approximate surface area is 172 Å². The molecule has 6 nitrogen and oxygen atoms in total. The van der Waals surface area contributed by atoms with E-state index in [0.29, 0.717) is 32.7 Å². The number of hydrogen-bond donors (Lipinski definition) is 1. The second-order valence-electron chi connectivity index (χ2n) is 7.65. The summed E-state index contributed by atoms with van der Waals surface area (Å²) in [6.45, 7) is 9.09. The number of nitrogens with one attached hydrogen (secondary N) is 1. The molecule has 0 bridgehead atoms. The first-order valence-electron chi connectivity index (χ1n) is 10.0. The fourth-order valence-electron chi connectivity index (χ4n) is 3.97. The summed E-state index contributed by atoms with van der Waals surface area (Å²) in [6, 6.07) is 7.04. The maximum absolute atomic E-state index is 13.4. The smallest absolute Gasteiger partial charge is 0.243 e. The lowest BCUT2D eigenvalue weighted by atomic mass is 10.1. The number of halogens is 1. The molecule has 0 amide bonds. The quantitative estimate of drug-likeness (QED) is 0.687. The molecular formula is C21H29FN3O3S+. The van der Waals surface area contributed by atoms with Crippen molar-refractivity contribution in [3.05, 3.63) is 53.1 Å². The normalized spacial score (nSPS) is 16.3. The fraction of sp³-hybridized carbons (Fsp3) is 0.476. The van der Waals surface area contributed by atoms with Crippen LogP contribution in [0.3, 0.4) is 0 Å². The van der Waals surface area contributed by atoms with Gasteiger partial charge in [-0.25, -0.2) is 12.8 Å². The Bertz CT molecular complexity index is 993. The van der Waals surface area contributed by atoms with Crippen molar-refractivity contribution in [1.82, 2.24) is 8.87 Å². The van der Waals surface area contributed by atoms with Gasteiger partial charge >= 0.3 is 0 Å². The van der Waals surface area contributed by atoms with Crippen LogP contribution in [0.4, 0.5) is 4.39 Å². The number of hydrogen-bond acceptors (Lipinski definition) is 3. The first kappa shape index (κ1) is 21.7. The Morgan fingerprint density at radius 1 is 1.17 bits per heavy atom. The molecule has 1 aliphatic rings. The van der Waals surface area contributed by atoms with Gasteiger partial charge in [-0.1, -0.05) is 13.0 Å². The van der Waals surface area contributed by atoms with Crippen molar-refractivity contribution in [2.24, 2.45) is 0 Å². The van der Waals surface area contributed by atoms with Crippen LogP contribution in [0.2, 0.25) is 0 Å². The maximum atomic E-state index is 13.4. The molecule has 158 valence electrons. The van der Waals surface area contributed by atoms with E-state index in [-0.39, 0.29) is 10.7 Å². The van der Waals surface area contributed by atoms with Crippen LogP contribution >= 0.6 is 0 Å². The average molecular weight is 423 g/mol. The van der Waals surface area contributed by atoms with Crippen molar-refractivity contribution < 1.29 is 22.5 Å². The summed E-state index contributed by atoms with van der Waals surface area (Å²) in [5, 5.41) is 0. The van der Waals surface area contributed by atoms with Gasteiger partial charge in [-0.15, -0.1) is 0 Å². The first-order valence-corrected chi connectivity index (χ1v) is 11.5. The minimum Gasteiger partial charge on any atom is -0.348 e. The molecular weight excluding hydrogens is 393 g/mol. The van der Waals surface area contributed by atoms with Gasteiger partial charge in [-0.3, -0.25) is 4.79 Å². The summed E-state index contributed by atoms with van der Waals surface area (Å²) in [4.78, 5) is 13.9. The van der Waals surface area contributed by atoms with E-state index in [4.69, 9.17) is 0 Å². The minimum atomic E-state index is -3.71. The number of nitrogens with zero attached hydrogens (tertiary/aromatic N) is 2. The van der Waals surface area contributed by atoms with Gasteiger partial charge < -0.3 is 9.47 Å². The van der Waals surface area contributed by atoms with E-state index in [9.17, 15) is 17.6 Å². The van der Waals surface area contributed by atoms with Crippen molar-refractivity contribution in [2.75, 3.05) is 32.7 Å². The van der Waals surface area contributed by atoms with Gasteiger partial charge in [0.25, 0.3) is 0 Å². The molecule has 1 saturated heterocycles. The van der Waals surface area contributed by atoms with E-state index in [1.807, 2.05) is 19.9 Å². The highest BCUT2D eigenvalue weighted by molar-refractivity contribution is 7.89. The van der Waals surface area contributed by atoms with Crippen molar-refractivity contribution in [1.29, 1.82) is 0 Å². The number of aryl methyl sites for hydroxylation is 1. The second kappa shape index (κ2) is 8.77. The van der Waals surface area contributed by atoms with Crippen molar-refractivity contribution in [3.63, 3.8) is 0 Å². The Morgan fingerprint density at radius 2 is 1.86 bits per heavy atom. The van der Waals surface area contributed by atoms with Crippen molar-refractivity contribution in [3.8, 4) is 0 Å². The summed E-state index contributed by atoms with van der Waals surface area (Å²) in [7, 11) is -3.71. The number of sulfonamides is 1. The Hall–Kier alpha value is -2.03. The molecule has 0 atom stereocenters. The van der Waals surface area contributed by atoms with Crippen LogP contribution in [-0.4, -0.2) is 55.8 Å². The Morgan fingerprint density at radius 3 is 2.48 bits per heavy atom. The van der Waals surface area contributed by atoms with Gasteiger partial charge in [0, 0.05) is 23.5 Å². The number of quaternary nitrogens is 1. The number of carbonyl (C=O) groups is 1. The highest BCUT2D eigenvalue weighted by Crippen LogP contribution is 2.17. The largest absolute Gasteiger partial charge is 0.348 e. The van der Waals surface area contributed by atoms with Crippen LogP contribution in [-0.2, 0) is 16.6 Å². The molecule has 1 aromatic carbocycles. The topological polar surface area (TPSA) is 63.8 Å². The molecule has 1 N–H and O–H groups in total. The predicted octanol–water partition coefficient (Wildman–Crippen LogP) is 1.43. The standard InChI is InChI=1S/C21H28FN3O3S/c1-4-8-25-16(2)13-20(17(25)3)21(26)15-23-9-11-24(12-10-23)29(27,28)19-7-5-6-18(22)14-19/h5-7,13-14H,4,8-12,15H2,1-3H3/p+1. The van der Waals surface area contributed by atoms with Gasteiger partial charge in [0.05, 0.1) is 31.1 Å². The summed E-state index contributed by atoms with van der Waals surface area (Å²) >= 11 is 0. The molecule has 2 heterocycles. The Kier molecular flexibility index (Phi) is 6.55. The van der Waals surface area contributed by atoms with E-state index >= 15 is 0 Å². The fourth-order valence-corrected chi connectivity index (χ4v) is 5.44. The van der Waals surface area contributed by atoms with Gasteiger partial charge in [0.1, 0.15) is 12.4 Å². The van der Waals surface area contributed by atoms with Crippen LogP contribution in [0.1, 0.15) is 35.1 Å². The molecule has 1 aliphatic heterocycles. The van der Waals surface area contributed by atoms with E-state index in [0.717, 1.165) is 40.9 Å². The summed E-state index contributed by atoms with van der Waals surface area (Å²) in [6.07, 6.45) is 1.01. The maximum Gasteiger partial charge on any atom is 0.243 e. The minimum absolute atomic E-state index is 0.0274. The summed E-state index contributed by atoms with van der Waals surface area (Å²) < 4.78 is 42.4. The number of rotatable bonds is 7. The number of piperazine rings is 1. The average Bonchev–Trinajstić information content (AvgIpc) is 2.97. The first-order chi connectivity index (χ1) is 13.7. The van der Waals surface area contributed by atoms with E-state index in [1.54, 1.807) is 0 Å². The lowest BCUT2D eigenvalue weighted by Gasteiger charge is -2.31. The molecule has 3 rings (SSSR count). The molecule has 1 aromatic heterocycles. The SMILES string of the molecule is CCCn1c(C)cc(C(=O)C[NH+]2CCN(S(=O)(=O)c3cccc(F)c3)CC2)c1C. The van der Waals surface area contributed by atoms with E-state index in [1.165, 1.54) is 22.5 Å². The lowest BCUT2D eigenvalue weighted by molar-refractivity contribution is -0.895. The van der Waals surface area contributed by atoms with E-state index < -0.39 is 15.8 Å². The van der Waals surface area contributed by atoms with Crippen LogP contribution < -0.4 is 4.90 Å². The second-order valence-corrected chi connectivity index (χ2v) is 9.59. The predicted molar refractivity (Wildman–Crippen MR) is 109 cm³/mol. The number of ketones is 1. The van der Waals surface area contributed by atoms with E-state index in [2.05, 4.69) is 11.5 Å². The number of carbonyl (C=O) groups excluding carboxylic acids is 1. The van der Waals surface area contributed by atoms with Crippen LogP contribution in [0, 0.1) is 19.7 Å². The third-order valence-electron chi connectivity index (χ3n) is 5.60. The molecule has 8 heteroatoms. The number of aromatic nitrogens is 1. The van der Waals surface area contributed by atoms with Gasteiger partial charge in [0.2, 0.25) is 15.8 Å². The zero-order valence-electron chi connectivity index (χ0n) is 17.2. The highest BCUT2D eigenvalue weighted by Gasteiger charge is 2.32. The van der Waals surface area contributed by atoms with Crippen LogP contribution in [0.25, 0.3) is 0 Å². The monoisotopic (exact) mass is 422 g/mol.